The molecule has 2 heterocycles. The highest BCUT2D eigenvalue weighted by atomic mass is 32.1. The molecule has 1 N–H and O–H groups in total. The number of rotatable bonds is 4. The number of nitrogens with one attached hydrogen (secondary N) is 1. The Morgan fingerprint density at radius 1 is 1.16 bits per heavy atom. The fourth-order valence-corrected chi connectivity index (χ4v) is 5.24. The zero-order chi connectivity index (χ0) is 21.4. The van der Waals surface area contributed by atoms with Gasteiger partial charge in [0.05, 0.1) is 17.1 Å². The van der Waals surface area contributed by atoms with Crippen LogP contribution in [-0.2, 0) is 4.79 Å². The third-order valence-corrected chi connectivity index (χ3v) is 6.68. The van der Waals surface area contributed by atoms with Crippen LogP contribution in [-0.4, -0.2) is 22.9 Å². The number of aromatic nitrogens is 1. The van der Waals surface area contributed by atoms with E-state index in [4.69, 9.17) is 9.73 Å². The van der Waals surface area contributed by atoms with Crippen LogP contribution in [0.3, 0.4) is 0 Å². The zero-order valence-electron chi connectivity index (χ0n) is 17.3. The van der Waals surface area contributed by atoms with Gasteiger partial charge in [0, 0.05) is 22.5 Å². The van der Waals surface area contributed by atoms with E-state index in [9.17, 15) is 9.59 Å². The molecular weight excluding hydrogens is 410 g/mol. The number of Topliss-reactive ketones (excluding diaryl/α,β-unsaturated/α-hetero) is 1. The van der Waals surface area contributed by atoms with Crippen molar-refractivity contribution in [3.8, 4) is 17.0 Å². The Kier molecular flexibility index (Phi) is 5.19. The van der Waals surface area contributed by atoms with Crippen LogP contribution in [0.15, 0.2) is 52.8 Å². The molecule has 7 heteroatoms. The number of nitrogens with zero attached hydrogens (tertiary/aromatic N) is 2. The van der Waals surface area contributed by atoms with Crippen molar-refractivity contribution in [1.82, 2.24) is 4.57 Å². The highest BCUT2D eigenvalue weighted by molar-refractivity contribution is 7.07. The third-order valence-electron chi connectivity index (χ3n) is 5.84. The van der Waals surface area contributed by atoms with E-state index < -0.39 is 0 Å². The van der Waals surface area contributed by atoms with Gasteiger partial charge in [-0.3, -0.25) is 9.59 Å². The minimum Gasteiger partial charge on any atom is -0.482 e. The number of amides is 1. The van der Waals surface area contributed by atoms with E-state index in [1.54, 1.807) is 18.3 Å². The predicted octanol–water partition coefficient (Wildman–Crippen LogP) is 5.10. The van der Waals surface area contributed by atoms with Gasteiger partial charge >= 0.3 is 0 Å². The molecule has 1 fully saturated rings. The Labute approximate surface area is 184 Å². The van der Waals surface area contributed by atoms with Crippen molar-refractivity contribution in [3.05, 3.63) is 58.2 Å². The van der Waals surface area contributed by atoms with Crippen molar-refractivity contribution < 1.29 is 14.3 Å². The summed E-state index contributed by atoms with van der Waals surface area (Å²) in [5, 5.41) is 5.03. The van der Waals surface area contributed by atoms with Gasteiger partial charge in [-0.1, -0.05) is 12.8 Å². The normalized spacial score (nSPS) is 16.7. The average molecular weight is 434 g/mol. The van der Waals surface area contributed by atoms with Crippen LogP contribution >= 0.6 is 11.3 Å². The molecule has 0 saturated heterocycles. The molecular formula is C24H23N3O3S. The highest BCUT2D eigenvalue weighted by Gasteiger charge is 2.23. The van der Waals surface area contributed by atoms with Gasteiger partial charge in [0.25, 0.3) is 5.91 Å². The summed E-state index contributed by atoms with van der Waals surface area (Å²) in [6.07, 6.45) is 4.69. The van der Waals surface area contributed by atoms with Gasteiger partial charge in [0.15, 0.2) is 17.2 Å². The average Bonchev–Trinajstić information content (AvgIpc) is 3.43. The third kappa shape index (κ3) is 3.93. The van der Waals surface area contributed by atoms with Gasteiger partial charge in [-0.15, -0.1) is 11.3 Å². The maximum Gasteiger partial charge on any atom is 0.262 e. The van der Waals surface area contributed by atoms with E-state index in [1.807, 2.05) is 42.5 Å². The van der Waals surface area contributed by atoms with E-state index in [2.05, 4.69) is 15.3 Å². The smallest absolute Gasteiger partial charge is 0.262 e. The van der Waals surface area contributed by atoms with Crippen molar-refractivity contribution in [2.75, 3.05) is 11.9 Å². The molecule has 1 aliphatic carbocycles. The summed E-state index contributed by atoms with van der Waals surface area (Å²) in [5.74, 6) is 0.610. The molecule has 0 radical (unpaired) electrons. The van der Waals surface area contributed by atoms with E-state index in [0.717, 1.165) is 34.6 Å². The summed E-state index contributed by atoms with van der Waals surface area (Å²) in [5.41, 5.74) is 4.35. The van der Waals surface area contributed by atoms with E-state index in [-0.39, 0.29) is 18.3 Å². The predicted molar refractivity (Wildman–Crippen MR) is 121 cm³/mol. The molecule has 0 spiro atoms. The van der Waals surface area contributed by atoms with Gasteiger partial charge in [-0.25, -0.2) is 4.99 Å². The van der Waals surface area contributed by atoms with Crippen LogP contribution in [0, 0.1) is 0 Å². The molecule has 5 rings (SSSR count). The van der Waals surface area contributed by atoms with Crippen molar-refractivity contribution in [2.24, 2.45) is 4.99 Å². The highest BCUT2D eigenvalue weighted by Crippen LogP contribution is 2.37. The van der Waals surface area contributed by atoms with Crippen molar-refractivity contribution in [3.63, 3.8) is 0 Å². The summed E-state index contributed by atoms with van der Waals surface area (Å²) < 4.78 is 7.85. The monoisotopic (exact) mass is 433 g/mol. The molecule has 1 aliphatic heterocycles. The second-order valence-corrected chi connectivity index (χ2v) is 8.81. The lowest BCUT2D eigenvalue weighted by Crippen LogP contribution is -2.25. The van der Waals surface area contributed by atoms with Crippen LogP contribution in [0.1, 0.15) is 49.0 Å². The molecule has 158 valence electrons. The number of carbonyl (C=O) groups is 2. The van der Waals surface area contributed by atoms with E-state index in [1.165, 1.54) is 12.8 Å². The number of ketones is 1. The summed E-state index contributed by atoms with van der Waals surface area (Å²) in [7, 11) is 0. The van der Waals surface area contributed by atoms with Crippen molar-refractivity contribution >= 4 is 34.4 Å². The SMILES string of the molecule is CC(=O)c1ccc(N=c2scc(-c3ccc4c(c3)NC(=O)CO4)n2C2CCCC2)cc1. The lowest BCUT2D eigenvalue weighted by atomic mass is 10.1. The molecule has 1 amide bonds. The second kappa shape index (κ2) is 8.15. The Morgan fingerprint density at radius 3 is 2.68 bits per heavy atom. The van der Waals surface area contributed by atoms with Gasteiger partial charge in [0.1, 0.15) is 5.75 Å². The topological polar surface area (TPSA) is 72.7 Å². The number of ether oxygens (including phenoxy) is 1. The summed E-state index contributed by atoms with van der Waals surface area (Å²) in [6.45, 7) is 1.62. The van der Waals surface area contributed by atoms with Crippen molar-refractivity contribution in [1.29, 1.82) is 0 Å². The summed E-state index contributed by atoms with van der Waals surface area (Å²) in [6, 6.07) is 13.8. The number of carbonyl (C=O) groups excluding carboxylic acids is 2. The molecule has 0 atom stereocenters. The van der Waals surface area contributed by atoms with Gasteiger partial charge in [0.2, 0.25) is 0 Å². The van der Waals surface area contributed by atoms with Crippen LogP contribution in [0.5, 0.6) is 5.75 Å². The molecule has 6 nitrogen and oxygen atoms in total. The van der Waals surface area contributed by atoms with Crippen molar-refractivity contribution in [2.45, 2.75) is 38.6 Å². The van der Waals surface area contributed by atoms with Gasteiger partial charge in [-0.05, 0) is 62.2 Å². The molecule has 2 aliphatic rings. The van der Waals surface area contributed by atoms with Gasteiger partial charge in [-0.2, -0.15) is 0 Å². The van der Waals surface area contributed by atoms with Crippen LogP contribution < -0.4 is 14.9 Å². The Morgan fingerprint density at radius 2 is 1.94 bits per heavy atom. The number of thiazole rings is 1. The van der Waals surface area contributed by atoms with Crippen LogP contribution in [0.25, 0.3) is 11.3 Å². The molecule has 1 saturated carbocycles. The fourth-order valence-electron chi connectivity index (χ4n) is 4.25. The minimum atomic E-state index is -0.136. The lowest BCUT2D eigenvalue weighted by Gasteiger charge is -2.20. The molecule has 0 bridgehead atoms. The fraction of sp³-hybridized carbons (Fsp3) is 0.292. The largest absolute Gasteiger partial charge is 0.482 e. The Balaban J connectivity index is 1.59. The number of hydrogen-bond donors (Lipinski definition) is 1. The molecule has 2 aromatic carbocycles. The molecule has 0 unspecified atom stereocenters. The van der Waals surface area contributed by atoms with Crippen LogP contribution in [0.4, 0.5) is 11.4 Å². The van der Waals surface area contributed by atoms with Crippen LogP contribution in [0.2, 0.25) is 0 Å². The van der Waals surface area contributed by atoms with E-state index >= 15 is 0 Å². The standard InChI is InChI=1S/C24H23N3O3S/c1-15(28)16-6-9-18(10-7-16)25-24-27(19-4-2-3-5-19)21(14-31-24)17-8-11-22-20(12-17)26-23(29)13-30-22/h6-12,14,19H,2-5,13H2,1H3,(H,26,29). The first-order chi connectivity index (χ1) is 15.1. The minimum absolute atomic E-state index is 0.0504. The maximum atomic E-state index is 11.7. The number of hydrogen-bond acceptors (Lipinski definition) is 5. The summed E-state index contributed by atoms with van der Waals surface area (Å²) in [4.78, 5) is 29.2. The Hall–Kier alpha value is -3.19. The first kappa shape index (κ1) is 19.8. The maximum absolute atomic E-state index is 11.7. The lowest BCUT2D eigenvalue weighted by molar-refractivity contribution is -0.118. The molecule has 1 aromatic heterocycles. The van der Waals surface area contributed by atoms with Gasteiger partial charge < -0.3 is 14.6 Å². The van der Waals surface area contributed by atoms with E-state index in [0.29, 0.717) is 23.0 Å². The second-order valence-electron chi connectivity index (χ2n) is 7.97. The zero-order valence-corrected chi connectivity index (χ0v) is 18.1. The number of fused-ring (bicyclic) bond motifs is 1. The quantitative estimate of drug-likeness (QED) is 0.582. The number of anilines is 1. The molecule has 31 heavy (non-hydrogen) atoms. The number of benzene rings is 2. The summed E-state index contributed by atoms with van der Waals surface area (Å²) >= 11 is 1.61. The first-order valence-electron chi connectivity index (χ1n) is 10.5. The Bertz CT molecular complexity index is 1220. The first-order valence-corrected chi connectivity index (χ1v) is 11.4. The molecule has 3 aromatic rings.